The van der Waals surface area contributed by atoms with Gasteiger partial charge in [-0.15, -0.1) is 0 Å². The van der Waals surface area contributed by atoms with Gasteiger partial charge in [0.05, 0.1) is 4.92 Å². The van der Waals surface area contributed by atoms with Crippen LogP contribution in [-0.4, -0.2) is 30.5 Å². The maximum atomic E-state index is 10.8. The molecule has 88 valence electrons. The Labute approximate surface area is 95.2 Å². The molecule has 5 nitrogen and oxygen atoms in total. The van der Waals surface area contributed by atoms with Gasteiger partial charge in [-0.25, -0.2) is 0 Å². The number of rotatable bonds is 5. The molecule has 0 aliphatic carbocycles. The maximum absolute atomic E-state index is 10.8. The van der Waals surface area contributed by atoms with Gasteiger partial charge in [0.2, 0.25) is 0 Å². The third-order valence-electron chi connectivity index (χ3n) is 2.12. The number of nitrogens with one attached hydrogen (secondary N) is 1. The number of nitrogens with zero attached hydrogens (tertiary/aromatic N) is 2. The molecule has 1 aromatic rings. The minimum Gasteiger partial charge on any atom is -0.380 e. The van der Waals surface area contributed by atoms with Gasteiger partial charge >= 0.3 is 0 Å². The van der Waals surface area contributed by atoms with Gasteiger partial charge < -0.3 is 10.2 Å². The van der Waals surface area contributed by atoms with Crippen LogP contribution in [0.4, 0.5) is 11.4 Å². The van der Waals surface area contributed by atoms with Crippen molar-refractivity contribution in [3.05, 3.63) is 33.9 Å². The summed E-state index contributed by atoms with van der Waals surface area (Å²) in [6.45, 7) is 3.37. The van der Waals surface area contributed by atoms with Crippen molar-refractivity contribution in [1.29, 1.82) is 0 Å². The van der Waals surface area contributed by atoms with Crippen LogP contribution in [0.1, 0.15) is 12.5 Å². The van der Waals surface area contributed by atoms with Crippen LogP contribution >= 0.6 is 0 Å². The van der Waals surface area contributed by atoms with Crippen LogP contribution in [0.25, 0.3) is 0 Å². The average molecular weight is 223 g/mol. The number of benzene rings is 1. The monoisotopic (exact) mass is 223 g/mol. The average Bonchev–Trinajstić information content (AvgIpc) is 2.17. The van der Waals surface area contributed by atoms with Gasteiger partial charge in [0.15, 0.2) is 0 Å². The molecule has 1 N–H and O–H groups in total. The van der Waals surface area contributed by atoms with Crippen molar-refractivity contribution < 1.29 is 4.92 Å². The van der Waals surface area contributed by atoms with E-state index in [1.54, 1.807) is 12.1 Å². The minimum absolute atomic E-state index is 0.129. The van der Waals surface area contributed by atoms with Crippen molar-refractivity contribution in [2.75, 3.05) is 26.0 Å². The summed E-state index contributed by atoms with van der Waals surface area (Å²) in [5, 5.41) is 13.8. The van der Waals surface area contributed by atoms with Gasteiger partial charge in [0.1, 0.15) is 5.69 Å². The fourth-order valence-electron chi connectivity index (χ4n) is 1.54. The van der Waals surface area contributed by atoms with Crippen LogP contribution in [0.5, 0.6) is 0 Å². The lowest BCUT2D eigenvalue weighted by atomic mass is 10.1. The van der Waals surface area contributed by atoms with Gasteiger partial charge in [-0.1, -0.05) is 6.07 Å². The molecule has 0 bridgehead atoms. The van der Waals surface area contributed by atoms with Crippen LogP contribution in [0.2, 0.25) is 0 Å². The van der Waals surface area contributed by atoms with Crippen LogP contribution < -0.4 is 5.32 Å². The summed E-state index contributed by atoms with van der Waals surface area (Å²) in [6, 6.07) is 5.18. The number of nitro benzene ring substituents is 1. The zero-order valence-electron chi connectivity index (χ0n) is 9.86. The highest BCUT2D eigenvalue weighted by atomic mass is 16.6. The quantitative estimate of drug-likeness (QED) is 0.613. The highest BCUT2D eigenvalue weighted by Crippen LogP contribution is 2.25. The first-order valence-electron chi connectivity index (χ1n) is 5.20. The number of anilines is 1. The second-order valence-electron chi connectivity index (χ2n) is 3.88. The van der Waals surface area contributed by atoms with Crippen LogP contribution in [0.15, 0.2) is 18.2 Å². The Balaban J connectivity index is 3.02. The highest BCUT2D eigenvalue weighted by molar-refractivity contribution is 5.62. The summed E-state index contributed by atoms with van der Waals surface area (Å²) < 4.78 is 0. The molecule has 0 atom stereocenters. The van der Waals surface area contributed by atoms with E-state index in [-0.39, 0.29) is 10.6 Å². The SMILES string of the molecule is CCNc1cc(CN(C)C)ccc1[N+](=O)[O-]. The normalized spacial score (nSPS) is 10.5. The smallest absolute Gasteiger partial charge is 0.292 e. The Morgan fingerprint density at radius 3 is 2.62 bits per heavy atom. The minimum atomic E-state index is -0.364. The van der Waals surface area contributed by atoms with Crippen molar-refractivity contribution in [3.63, 3.8) is 0 Å². The van der Waals surface area contributed by atoms with Crippen molar-refractivity contribution >= 4 is 11.4 Å². The number of nitro groups is 1. The van der Waals surface area contributed by atoms with E-state index < -0.39 is 0 Å². The van der Waals surface area contributed by atoms with Crippen molar-refractivity contribution in [2.24, 2.45) is 0 Å². The summed E-state index contributed by atoms with van der Waals surface area (Å²) in [4.78, 5) is 12.4. The zero-order valence-corrected chi connectivity index (χ0v) is 9.86. The fraction of sp³-hybridized carbons (Fsp3) is 0.455. The predicted octanol–water partition coefficient (Wildman–Crippen LogP) is 2.09. The van der Waals surface area contributed by atoms with E-state index in [1.165, 1.54) is 0 Å². The molecule has 0 saturated carbocycles. The van der Waals surface area contributed by atoms with Gasteiger partial charge in [-0.3, -0.25) is 10.1 Å². The molecular formula is C11H17N3O2. The Morgan fingerprint density at radius 2 is 2.12 bits per heavy atom. The molecule has 16 heavy (non-hydrogen) atoms. The van der Waals surface area contributed by atoms with E-state index in [1.807, 2.05) is 32.0 Å². The number of hydrogen-bond acceptors (Lipinski definition) is 4. The van der Waals surface area contributed by atoms with E-state index in [2.05, 4.69) is 5.32 Å². The van der Waals surface area contributed by atoms with Crippen molar-refractivity contribution in [1.82, 2.24) is 4.90 Å². The van der Waals surface area contributed by atoms with Gasteiger partial charge in [0, 0.05) is 19.2 Å². The lowest BCUT2D eigenvalue weighted by molar-refractivity contribution is -0.384. The largest absolute Gasteiger partial charge is 0.380 e. The molecular weight excluding hydrogens is 206 g/mol. The molecule has 0 spiro atoms. The molecule has 0 fully saturated rings. The summed E-state index contributed by atoms with van der Waals surface area (Å²) in [5.74, 6) is 0. The molecule has 1 aromatic carbocycles. The maximum Gasteiger partial charge on any atom is 0.292 e. The Hall–Kier alpha value is -1.62. The van der Waals surface area contributed by atoms with Crippen molar-refractivity contribution in [3.8, 4) is 0 Å². The Morgan fingerprint density at radius 1 is 1.44 bits per heavy atom. The second kappa shape index (κ2) is 5.46. The molecule has 0 heterocycles. The van der Waals surface area contributed by atoms with Gasteiger partial charge in [-0.2, -0.15) is 0 Å². The van der Waals surface area contributed by atoms with Crippen LogP contribution in [0.3, 0.4) is 0 Å². The van der Waals surface area contributed by atoms with Crippen LogP contribution in [-0.2, 0) is 6.54 Å². The molecule has 1 rings (SSSR count). The third-order valence-corrected chi connectivity index (χ3v) is 2.12. The third kappa shape index (κ3) is 3.20. The van der Waals surface area contributed by atoms with E-state index in [0.29, 0.717) is 12.2 Å². The first kappa shape index (κ1) is 12.4. The lowest BCUT2D eigenvalue weighted by Crippen LogP contribution is -2.11. The molecule has 0 unspecified atom stereocenters. The Kier molecular flexibility index (Phi) is 4.25. The predicted molar refractivity (Wildman–Crippen MR) is 64.7 cm³/mol. The topological polar surface area (TPSA) is 58.4 Å². The molecule has 0 radical (unpaired) electrons. The zero-order chi connectivity index (χ0) is 12.1. The first-order chi connectivity index (χ1) is 7.54. The number of hydrogen-bond donors (Lipinski definition) is 1. The first-order valence-corrected chi connectivity index (χ1v) is 5.20. The van der Waals surface area contributed by atoms with Gasteiger partial charge in [0.25, 0.3) is 5.69 Å². The molecule has 0 saturated heterocycles. The standard InChI is InChI=1S/C11H17N3O2/c1-4-12-10-7-9(8-13(2)3)5-6-11(10)14(15)16/h5-7,12H,4,8H2,1-3H3. The molecule has 0 aliphatic rings. The van der Waals surface area contributed by atoms with E-state index in [0.717, 1.165) is 12.1 Å². The lowest BCUT2D eigenvalue weighted by Gasteiger charge is -2.11. The Bertz CT molecular complexity index is 377. The van der Waals surface area contributed by atoms with E-state index in [4.69, 9.17) is 0 Å². The fourth-order valence-corrected chi connectivity index (χ4v) is 1.54. The summed E-state index contributed by atoms with van der Waals surface area (Å²) in [7, 11) is 3.93. The molecule has 0 amide bonds. The molecule has 0 aliphatic heterocycles. The summed E-state index contributed by atoms with van der Waals surface area (Å²) in [6.07, 6.45) is 0. The van der Waals surface area contributed by atoms with Crippen LogP contribution in [0, 0.1) is 10.1 Å². The van der Waals surface area contributed by atoms with E-state index in [9.17, 15) is 10.1 Å². The summed E-state index contributed by atoms with van der Waals surface area (Å²) >= 11 is 0. The molecule has 0 aromatic heterocycles. The summed E-state index contributed by atoms with van der Waals surface area (Å²) in [5.41, 5.74) is 1.78. The van der Waals surface area contributed by atoms with Crippen molar-refractivity contribution in [2.45, 2.75) is 13.5 Å². The highest BCUT2D eigenvalue weighted by Gasteiger charge is 2.13. The van der Waals surface area contributed by atoms with E-state index >= 15 is 0 Å². The second-order valence-corrected chi connectivity index (χ2v) is 3.88. The molecule has 5 heteroatoms. The van der Waals surface area contributed by atoms with Gasteiger partial charge in [-0.05, 0) is 32.6 Å².